The van der Waals surface area contributed by atoms with Crippen LogP contribution in [0.25, 0.3) is 0 Å². The van der Waals surface area contributed by atoms with E-state index in [0.29, 0.717) is 17.9 Å². The molecule has 1 aliphatic rings. The normalized spacial score (nSPS) is 12.9. The van der Waals surface area contributed by atoms with Crippen LogP contribution >= 0.6 is 15.9 Å². The molecule has 0 radical (unpaired) electrons. The van der Waals surface area contributed by atoms with Gasteiger partial charge in [-0.25, -0.2) is 5.43 Å². The Labute approximate surface area is 126 Å². The minimum absolute atomic E-state index is 0.0634. The number of rotatable bonds is 6. The Morgan fingerprint density at radius 2 is 2.15 bits per heavy atom. The van der Waals surface area contributed by atoms with Crippen molar-refractivity contribution in [1.82, 2.24) is 5.43 Å². The Balaban J connectivity index is 1.90. The number of nitrogens with zero attached hydrogens (tertiary/aromatic N) is 1. The molecule has 1 aliphatic heterocycles. The maximum absolute atomic E-state index is 11.5. The molecule has 0 saturated heterocycles. The van der Waals surface area contributed by atoms with Gasteiger partial charge in [-0.2, -0.15) is 5.10 Å². The van der Waals surface area contributed by atoms with Crippen molar-refractivity contribution >= 4 is 28.1 Å². The van der Waals surface area contributed by atoms with Gasteiger partial charge in [-0.1, -0.05) is 19.8 Å². The van der Waals surface area contributed by atoms with Crippen LogP contribution in [0.1, 0.15) is 38.2 Å². The van der Waals surface area contributed by atoms with Gasteiger partial charge in [-0.3, -0.25) is 4.79 Å². The van der Waals surface area contributed by atoms with E-state index in [-0.39, 0.29) is 12.7 Å². The van der Waals surface area contributed by atoms with Crippen molar-refractivity contribution in [2.45, 2.75) is 32.6 Å². The van der Waals surface area contributed by atoms with E-state index >= 15 is 0 Å². The Morgan fingerprint density at radius 3 is 2.90 bits per heavy atom. The number of hydrazone groups is 1. The molecule has 1 aromatic rings. The number of carbonyl (C=O) groups excluding carboxylic acids is 1. The zero-order valence-electron chi connectivity index (χ0n) is 11.3. The summed E-state index contributed by atoms with van der Waals surface area (Å²) >= 11 is 3.43. The molecule has 0 atom stereocenters. The third kappa shape index (κ3) is 3.96. The number of carbonyl (C=O) groups is 1. The molecule has 108 valence electrons. The second kappa shape index (κ2) is 7.28. The lowest BCUT2D eigenvalue weighted by Gasteiger charge is -2.02. The number of hydrogen-bond acceptors (Lipinski definition) is 4. The van der Waals surface area contributed by atoms with Crippen LogP contribution in [0.3, 0.4) is 0 Å². The van der Waals surface area contributed by atoms with Crippen molar-refractivity contribution in [2.24, 2.45) is 5.10 Å². The molecule has 1 aromatic carbocycles. The summed E-state index contributed by atoms with van der Waals surface area (Å²) in [6.07, 6.45) is 5.15. The molecule has 1 amide bonds. The molecular weight excluding hydrogens is 324 g/mol. The molecule has 0 saturated carbocycles. The quantitative estimate of drug-likeness (QED) is 0.491. The van der Waals surface area contributed by atoms with Gasteiger partial charge in [-0.05, 0) is 34.5 Å². The van der Waals surface area contributed by atoms with Crippen LogP contribution in [0, 0.1) is 0 Å². The van der Waals surface area contributed by atoms with Gasteiger partial charge in [0.25, 0.3) is 0 Å². The molecule has 0 aliphatic carbocycles. The number of amides is 1. The highest BCUT2D eigenvalue weighted by Crippen LogP contribution is 2.36. The maximum atomic E-state index is 11.5. The van der Waals surface area contributed by atoms with E-state index in [1.165, 1.54) is 0 Å². The highest BCUT2D eigenvalue weighted by Gasteiger charge is 2.15. The molecule has 6 heteroatoms. The van der Waals surface area contributed by atoms with Crippen LogP contribution in [0.4, 0.5) is 0 Å². The largest absolute Gasteiger partial charge is 0.454 e. The van der Waals surface area contributed by atoms with E-state index in [2.05, 4.69) is 33.4 Å². The van der Waals surface area contributed by atoms with Gasteiger partial charge in [-0.15, -0.1) is 0 Å². The molecule has 2 rings (SSSR count). The minimum Gasteiger partial charge on any atom is -0.454 e. The zero-order chi connectivity index (χ0) is 14.4. The number of benzene rings is 1. The lowest BCUT2D eigenvalue weighted by molar-refractivity contribution is -0.121. The second-order valence-electron chi connectivity index (χ2n) is 4.48. The van der Waals surface area contributed by atoms with E-state index in [0.717, 1.165) is 29.3 Å². The van der Waals surface area contributed by atoms with Crippen molar-refractivity contribution in [2.75, 3.05) is 6.79 Å². The van der Waals surface area contributed by atoms with Crippen molar-refractivity contribution < 1.29 is 14.3 Å². The summed E-state index contributed by atoms with van der Waals surface area (Å²) in [5.41, 5.74) is 3.34. The molecule has 0 fully saturated rings. The van der Waals surface area contributed by atoms with E-state index < -0.39 is 0 Å². The highest BCUT2D eigenvalue weighted by molar-refractivity contribution is 9.10. The standard InChI is InChI=1S/C14H17BrN2O3/c1-2-3-4-5-14(18)17-16-8-10-6-12-13(7-11(10)15)20-9-19-12/h6-8H,2-5,9H2,1H3,(H,17,18)/b16-8+. The smallest absolute Gasteiger partial charge is 0.240 e. The zero-order valence-corrected chi connectivity index (χ0v) is 12.9. The predicted octanol–water partition coefficient (Wildman–Crippen LogP) is 3.21. The summed E-state index contributed by atoms with van der Waals surface area (Å²) in [7, 11) is 0. The van der Waals surface area contributed by atoms with Crippen LogP contribution in [0.5, 0.6) is 11.5 Å². The van der Waals surface area contributed by atoms with E-state index in [9.17, 15) is 4.79 Å². The number of ether oxygens (including phenoxy) is 2. The van der Waals surface area contributed by atoms with Crippen LogP contribution in [0.2, 0.25) is 0 Å². The second-order valence-corrected chi connectivity index (χ2v) is 5.33. The van der Waals surface area contributed by atoms with E-state index in [1.807, 2.05) is 12.1 Å². The Hall–Kier alpha value is -1.56. The Kier molecular flexibility index (Phi) is 5.40. The Morgan fingerprint density at radius 1 is 1.40 bits per heavy atom. The SMILES string of the molecule is CCCCCC(=O)N/N=C/c1cc2c(cc1Br)OCO2. The van der Waals surface area contributed by atoms with E-state index in [4.69, 9.17) is 9.47 Å². The molecule has 5 nitrogen and oxygen atoms in total. The molecule has 0 aromatic heterocycles. The van der Waals surface area contributed by atoms with Crippen LogP contribution in [-0.2, 0) is 4.79 Å². The monoisotopic (exact) mass is 340 g/mol. The first-order valence-corrected chi connectivity index (χ1v) is 7.41. The number of nitrogens with one attached hydrogen (secondary N) is 1. The average molecular weight is 341 g/mol. The van der Waals surface area contributed by atoms with Crippen molar-refractivity contribution in [3.63, 3.8) is 0 Å². The molecule has 0 unspecified atom stereocenters. The number of halogens is 1. The fraction of sp³-hybridized carbons (Fsp3) is 0.429. The lowest BCUT2D eigenvalue weighted by Crippen LogP contribution is -2.16. The highest BCUT2D eigenvalue weighted by atomic mass is 79.9. The van der Waals surface area contributed by atoms with Crippen LogP contribution in [0.15, 0.2) is 21.7 Å². The van der Waals surface area contributed by atoms with Crippen molar-refractivity contribution in [3.05, 3.63) is 22.2 Å². The summed E-state index contributed by atoms with van der Waals surface area (Å²) in [5.74, 6) is 1.33. The summed E-state index contributed by atoms with van der Waals surface area (Å²) in [6.45, 7) is 2.34. The molecule has 0 bridgehead atoms. The summed E-state index contributed by atoms with van der Waals surface area (Å²) in [4.78, 5) is 11.5. The van der Waals surface area contributed by atoms with Gasteiger partial charge in [0, 0.05) is 16.5 Å². The first kappa shape index (κ1) is 14.8. The van der Waals surface area contributed by atoms with Crippen molar-refractivity contribution in [3.8, 4) is 11.5 Å². The fourth-order valence-electron chi connectivity index (χ4n) is 1.80. The predicted molar refractivity (Wildman–Crippen MR) is 80.1 cm³/mol. The number of hydrogen-bond donors (Lipinski definition) is 1. The van der Waals surface area contributed by atoms with Gasteiger partial charge in [0.05, 0.1) is 6.21 Å². The van der Waals surface area contributed by atoms with Crippen LogP contribution in [-0.4, -0.2) is 18.9 Å². The molecule has 20 heavy (non-hydrogen) atoms. The number of unbranched alkanes of at least 4 members (excludes halogenated alkanes) is 2. The number of fused-ring (bicyclic) bond motifs is 1. The topological polar surface area (TPSA) is 59.9 Å². The molecule has 1 N–H and O–H groups in total. The minimum atomic E-state index is -0.0634. The molecular formula is C14H17BrN2O3. The van der Waals surface area contributed by atoms with Gasteiger partial charge in [0.1, 0.15) is 0 Å². The fourth-order valence-corrected chi connectivity index (χ4v) is 2.22. The summed E-state index contributed by atoms with van der Waals surface area (Å²) in [6, 6.07) is 3.64. The summed E-state index contributed by atoms with van der Waals surface area (Å²) in [5, 5.41) is 3.96. The maximum Gasteiger partial charge on any atom is 0.240 e. The van der Waals surface area contributed by atoms with Gasteiger partial charge < -0.3 is 9.47 Å². The first-order chi connectivity index (χ1) is 9.70. The van der Waals surface area contributed by atoms with Crippen LogP contribution < -0.4 is 14.9 Å². The lowest BCUT2D eigenvalue weighted by atomic mass is 10.2. The van der Waals surface area contributed by atoms with Crippen molar-refractivity contribution in [1.29, 1.82) is 0 Å². The molecule has 1 heterocycles. The first-order valence-electron chi connectivity index (χ1n) is 6.61. The average Bonchev–Trinajstić information content (AvgIpc) is 2.86. The van der Waals surface area contributed by atoms with Gasteiger partial charge >= 0.3 is 0 Å². The van der Waals surface area contributed by atoms with Gasteiger partial charge in [0.2, 0.25) is 12.7 Å². The molecule has 0 spiro atoms. The third-order valence-electron chi connectivity index (χ3n) is 2.89. The Bertz CT molecular complexity index is 517. The third-order valence-corrected chi connectivity index (χ3v) is 3.58. The van der Waals surface area contributed by atoms with E-state index in [1.54, 1.807) is 6.21 Å². The summed E-state index contributed by atoms with van der Waals surface area (Å²) < 4.78 is 11.4. The van der Waals surface area contributed by atoms with Gasteiger partial charge in [0.15, 0.2) is 11.5 Å².